The van der Waals surface area contributed by atoms with Gasteiger partial charge in [-0.25, -0.2) is 4.98 Å². The normalized spacial score (nSPS) is 15.2. The van der Waals surface area contributed by atoms with E-state index in [0.29, 0.717) is 6.54 Å². The van der Waals surface area contributed by atoms with Gasteiger partial charge in [-0.15, -0.1) is 0 Å². The zero-order valence-electron chi connectivity index (χ0n) is 11.1. The molecule has 0 amide bonds. The summed E-state index contributed by atoms with van der Waals surface area (Å²) in [6.07, 6.45) is 5.42. The lowest BCUT2D eigenvalue weighted by Gasteiger charge is -2.23. The molecule has 1 unspecified atom stereocenters. The van der Waals surface area contributed by atoms with Gasteiger partial charge in [0.25, 0.3) is 0 Å². The molecule has 5 heteroatoms. The molecule has 98 valence electrons. The van der Waals surface area contributed by atoms with Crippen LogP contribution in [0.25, 0.3) is 0 Å². The smallest absolute Gasteiger partial charge is 0.122 e. The number of nitrogens with two attached hydrogens (primary N) is 1. The van der Waals surface area contributed by atoms with E-state index in [4.69, 9.17) is 5.73 Å². The first-order valence-corrected chi connectivity index (χ1v) is 6.02. The minimum absolute atomic E-state index is 0.316. The van der Waals surface area contributed by atoms with Crippen LogP contribution in [0, 0.1) is 0 Å². The highest BCUT2D eigenvalue weighted by Gasteiger charge is 2.17. The van der Waals surface area contributed by atoms with E-state index in [2.05, 4.69) is 16.9 Å². The summed E-state index contributed by atoms with van der Waals surface area (Å²) < 4.78 is 2.02. The second-order valence-corrected chi connectivity index (χ2v) is 5.00. The number of aromatic nitrogens is 2. The first kappa shape index (κ1) is 14.2. The molecule has 1 aromatic heterocycles. The third-order valence-electron chi connectivity index (χ3n) is 3.03. The van der Waals surface area contributed by atoms with Gasteiger partial charge in [0.1, 0.15) is 5.82 Å². The van der Waals surface area contributed by atoms with Gasteiger partial charge in [-0.1, -0.05) is 0 Å². The van der Waals surface area contributed by atoms with Crippen LogP contribution in [-0.4, -0.2) is 45.3 Å². The van der Waals surface area contributed by atoms with Crippen molar-refractivity contribution >= 4 is 0 Å². The molecule has 0 spiro atoms. The molecule has 3 N–H and O–H groups in total. The summed E-state index contributed by atoms with van der Waals surface area (Å²) >= 11 is 0. The summed E-state index contributed by atoms with van der Waals surface area (Å²) in [5.74, 6) is 1.05. The summed E-state index contributed by atoms with van der Waals surface area (Å²) in [4.78, 5) is 6.48. The molecule has 0 bridgehead atoms. The summed E-state index contributed by atoms with van der Waals surface area (Å²) in [6.45, 7) is 3.86. The van der Waals surface area contributed by atoms with Gasteiger partial charge in [-0.2, -0.15) is 0 Å². The van der Waals surface area contributed by atoms with E-state index in [1.807, 2.05) is 24.0 Å². The van der Waals surface area contributed by atoms with Gasteiger partial charge in [-0.3, -0.25) is 4.90 Å². The van der Waals surface area contributed by atoms with E-state index in [1.165, 1.54) is 0 Å². The number of hydrogen-bond acceptors (Lipinski definition) is 4. The molecular formula is C12H24N4O. The van der Waals surface area contributed by atoms with E-state index < -0.39 is 5.60 Å². The van der Waals surface area contributed by atoms with Gasteiger partial charge in [-0.05, 0) is 33.4 Å². The van der Waals surface area contributed by atoms with Gasteiger partial charge < -0.3 is 15.4 Å². The molecular weight excluding hydrogens is 216 g/mol. The first-order valence-electron chi connectivity index (χ1n) is 6.02. The van der Waals surface area contributed by atoms with Crippen LogP contribution in [0.2, 0.25) is 0 Å². The number of aliphatic hydroxyl groups is 1. The maximum absolute atomic E-state index is 9.78. The Morgan fingerprint density at radius 2 is 2.29 bits per heavy atom. The highest BCUT2D eigenvalue weighted by atomic mass is 16.3. The van der Waals surface area contributed by atoms with Crippen molar-refractivity contribution in [3.63, 3.8) is 0 Å². The average molecular weight is 240 g/mol. The molecule has 0 radical (unpaired) electrons. The van der Waals surface area contributed by atoms with Gasteiger partial charge in [0.2, 0.25) is 0 Å². The Kier molecular flexibility index (Phi) is 5.11. The van der Waals surface area contributed by atoms with E-state index >= 15 is 0 Å². The second-order valence-electron chi connectivity index (χ2n) is 5.00. The van der Waals surface area contributed by atoms with Crippen molar-refractivity contribution in [1.29, 1.82) is 0 Å². The van der Waals surface area contributed by atoms with Crippen LogP contribution < -0.4 is 5.73 Å². The Morgan fingerprint density at radius 3 is 2.82 bits per heavy atom. The Hall–Kier alpha value is -0.910. The van der Waals surface area contributed by atoms with Crippen LogP contribution in [0.4, 0.5) is 0 Å². The van der Waals surface area contributed by atoms with Gasteiger partial charge in [0, 0.05) is 26.0 Å². The van der Waals surface area contributed by atoms with Crippen LogP contribution in [-0.2, 0) is 13.6 Å². The molecule has 0 aliphatic heterocycles. The summed E-state index contributed by atoms with van der Waals surface area (Å²) in [7, 11) is 4.06. The lowest BCUT2D eigenvalue weighted by Crippen LogP contribution is -2.35. The standard InChI is InChI=1S/C12H24N4O/c1-12(17,10-13)5-4-7-15(2)9-11-14-6-8-16(11)3/h6,8,17H,4-5,7,9-10,13H2,1-3H3. The molecule has 1 aromatic rings. The van der Waals surface area contributed by atoms with Crippen molar-refractivity contribution in [1.82, 2.24) is 14.5 Å². The summed E-state index contributed by atoms with van der Waals surface area (Å²) in [5.41, 5.74) is 4.74. The topological polar surface area (TPSA) is 67.3 Å². The molecule has 0 aromatic carbocycles. The summed E-state index contributed by atoms with van der Waals surface area (Å²) in [5, 5.41) is 9.78. The number of imidazole rings is 1. The minimum Gasteiger partial charge on any atom is -0.389 e. The van der Waals surface area contributed by atoms with Crippen molar-refractivity contribution in [2.75, 3.05) is 20.1 Å². The molecule has 0 aliphatic rings. The molecule has 0 saturated heterocycles. The maximum Gasteiger partial charge on any atom is 0.122 e. The maximum atomic E-state index is 9.78. The molecule has 1 rings (SSSR count). The fourth-order valence-corrected chi connectivity index (χ4v) is 1.70. The third-order valence-corrected chi connectivity index (χ3v) is 3.03. The van der Waals surface area contributed by atoms with Gasteiger partial charge >= 0.3 is 0 Å². The lowest BCUT2D eigenvalue weighted by atomic mass is 10.0. The number of nitrogens with zero attached hydrogens (tertiary/aromatic N) is 3. The zero-order valence-corrected chi connectivity index (χ0v) is 11.1. The second kappa shape index (κ2) is 6.14. The highest BCUT2D eigenvalue weighted by molar-refractivity contribution is 4.90. The Balaban J connectivity index is 2.27. The van der Waals surface area contributed by atoms with E-state index in [9.17, 15) is 5.11 Å². The van der Waals surface area contributed by atoms with Crippen molar-refractivity contribution in [2.45, 2.75) is 31.9 Å². The minimum atomic E-state index is -0.732. The summed E-state index contributed by atoms with van der Waals surface area (Å²) in [6, 6.07) is 0. The predicted molar refractivity (Wildman–Crippen MR) is 68.5 cm³/mol. The number of aryl methyl sites for hydroxylation is 1. The van der Waals surface area contributed by atoms with Crippen molar-refractivity contribution < 1.29 is 5.11 Å². The Bertz CT molecular complexity index is 335. The molecule has 1 heterocycles. The zero-order chi connectivity index (χ0) is 12.9. The number of rotatable bonds is 7. The van der Waals surface area contributed by atoms with E-state index in [-0.39, 0.29) is 0 Å². The van der Waals surface area contributed by atoms with Crippen molar-refractivity contribution in [3.8, 4) is 0 Å². The molecule has 5 nitrogen and oxygen atoms in total. The predicted octanol–water partition coefficient (Wildman–Crippen LogP) is 0.342. The molecule has 17 heavy (non-hydrogen) atoms. The van der Waals surface area contributed by atoms with Gasteiger partial charge in [0.15, 0.2) is 0 Å². The fraction of sp³-hybridized carbons (Fsp3) is 0.750. The quantitative estimate of drug-likeness (QED) is 0.721. The monoisotopic (exact) mass is 240 g/mol. The molecule has 1 atom stereocenters. The molecule has 0 aliphatic carbocycles. The molecule has 0 saturated carbocycles. The largest absolute Gasteiger partial charge is 0.389 e. The molecule has 0 fully saturated rings. The van der Waals surface area contributed by atoms with Gasteiger partial charge in [0.05, 0.1) is 12.1 Å². The van der Waals surface area contributed by atoms with E-state index in [0.717, 1.165) is 31.8 Å². The third kappa shape index (κ3) is 4.85. The first-order chi connectivity index (χ1) is 7.94. The van der Waals surface area contributed by atoms with Crippen molar-refractivity contribution in [3.05, 3.63) is 18.2 Å². The fourth-order valence-electron chi connectivity index (χ4n) is 1.70. The average Bonchev–Trinajstić information content (AvgIpc) is 2.64. The van der Waals surface area contributed by atoms with Crippen LogP contribution in [0.5, 0.6) is 0 Å². The lowest BCUT2D eigenvalue weighted by molar-refractivity contribution is 0.0549. The van der Waals surface area contributed by atoms with Crippen molar-refractivity contribution in [2.24, 2.45) is 12.8 Å². The van der Waals surface area contributed by atoms with E-state index in [1.54, 1.807) is 6.92 Å². The van der Waals surface area contributed by atoms with Crippen LogP contribution in [0.1, 0.15) is 25.6 Å². The Labute approximate surface area is 103 Å². The SMILES string of the molecule is CN(CCCC(C)(O)CN)Cc1nccn1C. The highest BCUT2D eigenvalue weighted by Crippen LogP contribution is 2.10. The number of hydrogen-bond donors (Lipinski definition) is 2. The Morgan fingerprint density at radius 1 is 1.59 bits per heavy atom. The van der Waals surface area contributed by atoms with Crippen LogP contribution in [0.3, 0.4) is 0 Å². The van der Waals surface area contributed by atoms with Crippen LogP contribution in [0.15, 0.2) is 12.4 Å². The van der Waals surface area contributed by atoms with Crippen LogP contribution >= 0.6 is 0 Å².